The van der Waals surface area contributed by atoms with E-state index in [1.165, 1.54) is 16.7 Å². The summed E-state index contributed by atoms with van der Waals surface area (Å²) in [4.78, 5) is 0. The minimum absolute atomic E-state index is 0.629. The highest BCUT2D eigenvalue weighted by Crippen LogP contribution is 2.36. The highest BCUT2D eigenvalue weighted by molar-refractivity contribution is 5.71. The van der Waals surface area contributed by atoms with Crippen LogP contribution >= 0.6 is 0 Å². The lowest BCUT2D eigenvalue weighted by molar-refractivity contribution is 0.171. The van der Waals surface area contributed by atoms with Crippen LogP contribution in [0.25, 0.3) is 11.1 Å². The second-order valence-corrected chi connectivity index (χ2v) is 4.18. The first kappa shape index (κ1) is 10.2. The van der Waals surface area contributed by atoms with Gasteiger partial charge < -0.3 is 9.47 Å². The molecule has 2 aromatic carbocycles. The number of ether oxygens (including phenoxy) is 2. The van der Waals surface area contributed by atoms with E-state index >= 15 is 0 Å². The minimum Gasteiger partial charge on any atom is -0.486 e. The van der Waals surface area contributed by atoms with Crippen molar-refractivity contribution in [3.05, 3.63) is 48.0 Å². The van der Waals surface area contributed by atoms with Crippen LogP contribution in [0.5, 0.6) is 11.5 Å². The Balaban J connectivity index is 2.12. The van der Waals surface area contributed by atoms with Gasteiger partial charge in [-0.05, 0) is 35.7 Å². The summed E-state index contributed by atoms with van der Waals surface area (Å²) < 4.78 is 11.2. The Morgan fingerprint density at radius 1 is 0.882 bits per heavy atom. The fourth-order valence-corrected chi connectivity index (χ4v) is 2.12. The van der Waals surface area contributed by atoms with E-state index < -0.39 is 0 Å². The zero-order valence-electron chi connectivity index (χ0n) is 9.77. The van der Waals surface area contributed by atoms with Crippen LogP contribution in [0.3, 0.4) is 0 Å². The first-order chi connectivity index (χ1) is 8.34. The molecule has 0 fully saturated rings. The highest BCUT2D eigenvalue weighted by atomic mass is 16.6. The van der Waals surface area contributed by atoms with Crippen molar-refractivity contribution in [1.82, 2.24) is 0 Å². The third-order valence-electron chi connectivity index (χ3n) is 2.97. The lowest BCUT2D eigenvalue weighted by Gasteiger charge is -2.20. The molecule has 0 N–H and O–H groups in total. The second kappa shape index (κ2) is 4.13. The Morgan fingerprint density at radius 3 is 2.24 bits per heavy atom. The lowest BCUT2D eigenvalue weighted by atomic mass is 10.00. The van der Waals surface area contributed by atoms with Crippen LogP contribution in [0.4, 0.5) is 0 Å². The molecule has 2 aromatic rings. The molecule has 17 heavy (non-hydrogen) atoms. The van der Waals surface area contributed by atoms with E-state index in [0.29, 0.717) is 13.2 Å². The Hall–Kier alpha value is -1.96. The van der Waals surface area contributed by atoms with E-state index in [-0.39, 0.29) is 0 Å². The maximum Gasteiger partial charge on any atom is 0.161 e. The van der Waals surface area contributed by atoms with Gasteiger partial charge in [-0.25, -0.2) is 0 Å². The van der Waals surface area contributed by atoms with Crippen LogP contribution in [-0.2, 0) is 0 Å². The summed E-state index contributed by atoms with van der Waals surface area (Å²) in [7, 11) is 0. The molecule has 0 saturated heterocycles. The number of hydrogen-bond acceptors (Lipinski definition) is 2. The van der Waals surface area contributed by atoms with Crippen molar-refractivity contribution in [2.75, 3.05) is 13.2 Å². The van der Waals surface area contributed by atoms with Crippen LogP contribution in [0.15, 0.2) is 42.5 Å². The molecule has 86 valence electrons. The van der Waals surface area contributed by atoms with Gasteiger partial charge in [-0.15, -0.1) is 0 Å². The first-order valence-electron chi connectivity index (χ1n) is 5.80. The largest absolute Gasteiger partial charge is 0.486 e. The van der Waals surface area contributed by atoms with Crippen LogP contribution < -0.4 is 9.47 Å². The summed E-state index contributed by atoms with van der Waals surface area (Å²) in [5.41, 5.74) is 3.62. The monoisotopic (exact) mass is 226 g/mol. The molecule has 2 nitrogen and oxygen atoms in total. The van der Waals surface area contributed by atoms with Crippen molar-refractivity contribution in [2.24, 2.45) is 0 Å². The number of benzene rings is 2. The van der Waals surface area contributed by atoms with E-state index in [0.717, 1.165) is 11.5 Å². The molecule has 3 rings (SSSR count). The van der Waals surface area contributed by atoms with Gasteiger partial charge in [0.15, 0.2) is 11.5 Å². The zero-order valence-corrected chi connectivity index (χ0v) is 9.77. The summed E-state index contributed by atoms with van der Waals surface area (Å²) in [6.45, 7) is 3.36. The van der Waals surface area contributed by atoms with Gasteiger partial charge in [-0.3, -0.25) is 0 Å². The molecular weight excluding hydrogens is 212 g/mol. The van der Waals surface area contributed by atoms with Gasteiger partial charge >= 0.3 is 0 Å². The van der Waals surface area contributed by atoms with Crippen LogP contribution in [-0.4, -0.2) is 13.2 Å². The van der Waals surface area contributed by atoms with Gasteiger partial charge in [-0.2, -0.15) is 0 Å². The second-order valence-electron chi connectivity index (χ2n) is 4.18. The van der Waals surface area contributed by atoms with E-state index in [1.807, 2.05) is 18.2 Å². The van der Waals surface area contributed by atoms with Crippen molar-refractivity contribution in [2.45, 2.75) is 6.92 Å². The number of hydrogen-bond donors (Lipinski definition) is 0. The Morgan fingerprint density at radius 2 is 1.53 bits per heavy atom. The Bertz CT molecular complexity index is 532. The van der Waals surface area contributed by atoms with E-state index in [4.69, 9.17) is 9.47 Å². The molecule has 0 bridgehead atoms. The van der Waals surface area contributed by atoms with Crippen molar-refractivity contribution >= 4 is 0 Å². The molecule has 1 aliphatic heterocycles. The number of rotatable bonds is 1. The quantitative estimate of drug-likeness (QED) is 0.741. The molecule has 0 amide bonds. The highest BCUT2D eigenvalue weighted by Gasteiger charge is 2.14. The first-order valence-corrected chi connectivity index (χ1v) is 5.80. The summed E-state index contributed by atoms with van der Waals surface area (Å²) in [6.07, 6.45) is 0. The van der Waals surface area contributed by atoms with Gasteiger partial charge in [0.05, 0.1) is 0 Å². The van der Waals surface area contributed by atoms with Crippen LogP contribution in [0, 0.1) is 6.92 Å². The number of aryl methyl sites for hydroxylation is 1. The van der Waals surface area contributed by atoms with Gasteiger partial charge in [0.1, 0.15) is 13.2 Å². The predicted molar refractivity (Wildman–Crippen MR) is 67.6 cm³/mol. The third-order valence-corrected chi connectivity index (χ3v) is 2.97. The van der Waals surface area contributed by atoms with Gasteiger partial charge in [0.25, 0.3) is 0 Å². The molecule has 0 atom stereocenters. The molecule has 0 unspecified atom stereocenters. The van der Waals surface area contributed by atoms with Crippen LogP contribution in [0.2, 0.25) is 0 Å². The maximum atomic E-state index is 5.62. The van der Waals surface area contributed by atoms with Crippen molar-refractivity contribution in [3.8, 4) is 22.6 Å². The molecular formula is C15H14O2. The fourth-order valence-electron chi connectivity index (χ4n) is 2.12. The van der Waals surface area contributed by atoms with Crippen molar-refractivity contribution in [3.63, 3.8) is 0 Å². The van der Waals surface area contributed by atoms with E-state index in [9.17, 15) is 0 Å². The molecule has 1 heterocycles. The molecule has 0 saturated carbocycles. The standard InChI is InChI=1S/C15H14O2/c1-11-9-14-15(17-8-7-16-14)10-13(11)12-5-3-2-4-6-12/h2-6,9-10H,7-8H2,1H3. The van der Waals surface area contributed by atoms with E-state index in [1.54, 1.807) is 0 Å². The SMILES string of the molecule is Cc1cc2c(cc1-c1ccccc1)OCCO2. The summed E-state index contributed by atoms with van der Waals surface area (Å²) in [6, 6.07) is 14.5. The third kappa shape index (κ3) is 1.86. The molecule has 2 heteroatoms. The molecule has 0 spiro atoms. The fraction of sp³-hybridized carbons (Fsp3) is 0.200. The van der Waals surface area contributed by atoms with E-state index in [2.05, 4.69) is 31.2 Å². The van der Waals surface area contributed by atoms with Gasteiger partial charge in [-0.1, -0.05) is 30.3 Å². The minimum atomic E-state index is 0.629. The average Bonchev–Trinajstić information content (AvgIpc) is 2.39. The Kier molecular flexibility index (Phi) is 2.48. The molecule has 0 radical (unpaired) electrons. The van der Waals surface area contributed by atoms with Crippen molar-refractivity contribution in [1.29, 1.82) is 0 Å². The summed E-state index contributed by atoms with van der Waals surface area (Å²) in [5.74, 6) is 1.70. The van der Waals surface area contributed by atoms with Crippen LogP contribution in [0.1, 0.15) is 5.56 Å². The van der Waals surface area contributed by atoms with Crippen molar-refractivity contribution < 1.29 is 9.47 Å². The Labute approximate surface area is 101 Å². The van der Waals surface area contributed by atoms with Gasteiger partial charge in [0, 0.05) is 0 Å². The maximum absolute atomic E-state index is 5.62. The number of fused-ring (bicyclic) bond motifs is 1. The smallest absolute Gasteiger partial charge is 0.161 e. The predicted octanol–water partition coefficient (Wildman–Crippen LogP) is 3.43. The van der Waals surface area contributed by atoms with Gasteiger partial charge in [0.2, 0.25) is 0 Å². The molecule has 0 aliphatic carbocycles. The summed E-state index contributed by atoms with van der Waals surface area (Å²) >= 11 is 0. The molecule has 0 aromatic heterocycles. The zero-order chi connectivity index (χ0) is 11.7. The lowest BCUT2D eigenvalue weighted by Crippen LogP contribution is -2.15. The topological polar surface area (TPSA) is 18.5 Å². The average molecular weight is 226 g/mol. The normalized spacial score (nSPS) is 13.5. The summed E-state index contributed by atoms with van der Waals surface area (Å²) in [5, 5.41) is 0. The molecule has 1 aliphatic rings.